The minimum absolute atomic E-state index is 0.0255. The first kappa shape index (κ1) is 11.8. The number of carbonyl (C=O) groups excluding carboxylic acids is 1. The maximum Gasteiger partial charge on any atom is 0.220 e. The molecule has 0 aliphatic heterocycles. The van der Waals surface area contributed by atoms with Crippen LogP contribution in [-0.2, 0) is 11.2 Å². The minimum Gasteiger partial charge on any atom is -0.469 e. The monoisotopic (exact) mass is 211 g/mol. The molecule has 0 spiro atoms. The molecule has 0 aliphatic carbocycles. The first-order valence-corrected chi connectivity index (χ1v) is 5.15. The van der Waals surface area contributed by atoms with Crippen LogP contribution >= 0.6 is 0 Å². The molecule has 1 amide bonds. The molecule has 2 N–H and O–H groups in total. The zero-order valence-electron chi connectivity index (χ0n) is 8.90. The van der Waals surface area contributed by atoms with Gasteiger partial charge in [0.1, 0.15) is 5.76 Å². The van der Waals surface area contributed by atoms with Crippen molar-refractivity contribution >= 4 is 5.91 Å². The number of hydrogen-bond acceptors (Lipinski definition) is 3. The molecule has 1 aromatic heterocycles. The Balaban J connectivity index is 2.07. The van der Waals surface area contributed by atoms with Crippen molar-refractivity contribution in [2.45, 2.75) is 32.3 Å². The van der Waals surface area contributed by atoms with E-state index in [-0.39, 0.29) is 5.91 Å². The van der Waals surface area contributed by atoms with Gasteiger partial charge in [-0.25, -0.2) is 0 Å². The minimum atomic E-state index is -0.416. The van der Waals surface area contributed by atoms with Crippen molar-refractivity contribution in [2.24, 2.45) is 0 Å². The molecule has 1 rings (SSSR count). The van der Waals surface area contributed by atoms with E-state index >= 15 is 0 Å². The second-order valence-corrected chi connectivity index (χ2v) is 3.57. The van der Waals surface area contributed by atoms with Gasteiger partial charge in [0, 0.05) is 19.4 Å². The van der Waals surface area contributed by atoms with Crippen molar-refractivity contribution in [3.05, 3.63) is 24.2 Å². The lowest BCUT2D eigenvalue weighted by molar-refractivity contribution is -0.121. The number of furan rings is 1. The van der Waals surface area contributed by atoms with Crippen molar-refractivity contribution in [3.63, 3.8) is 0 Å². The Kier molecular flexibility index (Phi) is 4.90. The van der Waals surface area contributed by atoms with E-state index in [1.165, 1.54) is 0 Å². The van der Waals surface area contributed by atoms with E-state index in [1.807, 2.05) is 12.1 Å². The predicted octanol–water partition coefficient (Wildman–Crippen LogP) is 1.10. The highest BCUT2D eigenvalue weighted by molar-refractivity contribution is 5.75. The molecule has 1 unspecified atom stereocenters. The highest BCUT2D eigenvalue weighted by Crippen LogP contribution is 2.00. The lowest BCUT2D eigenvalue weighted by atomic mass is 10.2. The highest BCUT2D eigenvalue weighted by Gasteiger charge is 2.03. The van der Waals surface area contributed by atoms with Crippen LogP contribution in [0.25, 0.3) is 0 Å². The molecule has 15 heavy (non-hydrogen) atoms. The Morgan fingerprint density at radius 2 is 2.47 bits per heavy atom. The van der Waals surface area contributed by atoms with Crippen molar-refractivity contribution in [1.29, 1.82) is 0 Å². The van der Waals surface area contributed by atoms with Crippen LogP contribution in [0.1, 0.15) is 25.5 Å². The molecule has 4 heteroatoms. The van der Waals surface area contributed by atoms with Gasteiger partial charge < -0.3 is 14.8 Å². The number of rotatable bonds is 6. The Labute approximate surface area is 89.3 Å². The molecule has 1 aromatic rings. The number of hydrogen-bond donors (Lipinski definition) is 2. The molecule has 0 aromatic carbocycles. The van der Waals surface area contributed by atoms with Gasteiger partial charge in [-0.3, -0.25) is 4.79 Å². The van der Waals surface area contributed by atoms with E-state index in [0.717, 1.165) is 5.76 Å². The molecule has 1 atom stereocenters. The number of aliphatic hydroxyl groups excluding tert-OH is 1. The van der Waals surface area contributed by atoms with E-state index < -0.39 is 6.10 Å². The summed E-state index contributed by atoms with van der Waals surface area (Å²) in [4.78, 5) is 11.2. The van der Waals surface area contributed by atoms with Gasteiger partial charge in [0.25, 0.3) is 0 Å². The summed E-state index contributed by atoms with van der Waals surface area (Å²) in [6.07, 6.45) is 2.78. The smallest absolute Gasteiger partial charge is 0.220 e. The van der Waals surface area contributed by atoms with Crippen molar-refractivity contribution in [3.8, 4) is 0 Å². The van der Waals surface area contributed by atoms with Gasteiger partial charge in [0.05, 0.1) is 12.4 Å². The molecule has 0 aliphatic rings. The summed E-state index contributed by atoms with van der Waals surface area (Å²) < 4.78 is 5.12. The van der Waals surface area contributed by atoms with E-state index in [0.29, 0.717) is 25.8 Å². The van der Waals surface area contributed by atoms with Gasteiger partial charge in [0.15, 0.2) is 0 Å². The number of aliphatic hydroxyl groups is 1. The summed E-state index contributed by atoms with van der Waals surface area (Å²) >= 11 is 0. The fraction of sp³-hybridized carbons (Fsp3) is 0.545. The zero-order chi connectivity index (χ0) is 11.1. The standard InChI is InChI=1S/C11H17NO3/c1-9(13)4-5-11(14)12-7-6-10-3-2-8-15-10/h2-3,8-9,13H,4-7H2,1H3,(H,12,14). The summed E-state index contributed by atoms with van der Waals surface area (Å²) in [6, 6.07) is 3.70. The molecule has 84 valence electrons. The number of amides is 1. The molecular formula is C11H17NO3. The highest BCUT2D eigenvalue weighted by atomic mass is 16.3. The molecule has 0 saturated heterocycles. The van der Waals surface area contributed by atoms with Crippen molar-refractivity contribution in [2.75, 3.05) is 6.54 Å². The third kappa shape index (κ3) is 5.22. The van der Waals surface area contributed by atoms with Crippen LogP contribution in [-0.4, -0.2) is 23.7 Å². The fourth-order valence-corrected chi connectivity index (χ4v) is 1.21. The average molecular weight is 211 g/mol. The van der Waals surface area contributed by atoms with Crippen LogP contribution in [0.3, 0.4) is 0 Å². The Morgan fingerprint density at radius 1 is 1.67 bits per heavy atom. The van der Waals surface area contributed by atoms with Gasteiger partial charge in [-0.15, -0.1) is 0 Å². The lowest BCUT2D eigenvalue weighted by Gasteiger charge is -2.05. The van der Waals surface area contributed by atoms with Crippen LogP contribution in [0.2, 0.25) is 0 Å². The lowest BCUT2D eigenvalue weighted by Crippen LogP contribution is -2.26. The van der Waals surface area contributed by atoms with E-state index in [1.54, 1.807) is 13.2 Å². The molecule has 0 fully saturated rings. The largest absolute Gasteiger partial charge is 0.469 e. The van der Waals surface area contributed by atoms with Gasteiger partial charge in [-0.1, -0.05) is 0 Å². The van der Waals surface area contributed by atoms with E-state index in [4.69, 9.17) is 9.52 Å². The first-order chi connectivity index (χ1) is 7.18. The van der Waals surface area contributed by atoms with Gasteiger partial charge in [0.2, 0.25) is 5.91 Å². The van der Waals surface area contributed by atoms with Crippen LogP contribution in [0.15, 0.2) is 22.8 Å². The second-order valence-electron chi connectivity index (χ2n) is 3.57. The van der Waals surface area contributed by atoms with Crippen molar-refractivity contribution < 1.29 is 14.3 Å². The van der Waals surface area contributed by atoms with Crippen LogP contribution in [0, 0.1) is 0 Å². The molecule has 4 nitrogen and oxygen atoms in total. The van der Waals surface area contributed by atoms with Gasteiger partial charge in [-0.05, 0) is 25.5 Å². The quantitative estimate of drug-likeness (QED) is 0.740. The number of carbonyl (C=O) groups is 1. The van der Waals surface area contributed by atoms with Crippen LogP contribution < -0.4 is 5.32 Å². The molecule has 1 heterocycles. The Bertz CT molecular complexity index is 280. The van der Waals surface area contributed by atoms with Gasteiger partial charge in [-0.2, -0.15) is 0 Å². The Hall–Kier alpha value is -1.29. The first-order valence-electron chi connectivity index (χ1n) is 5.15. The summed E-state index contributed by atoms with van der Waals surface area (Å²) in [7, 11) is 0. The topological polar surface area (TPSA) is 62.5 Å². The van der Waals surface area contributed by atoms with Crippen LogP contribution in [0.5, 0.6) is 0 Å². The van der Waals surface area contributed by atoms with Crippen LogP contribution in [0.4, 0.5) is 0 Å². The average Bonchev–Trinajstić information content (AvgIpc) is 2.67. The maximum atomic E-state index is 11.2. The van der Waals surface area contributed by atoms with Gasteiger partial charge >= 0.3 is 0 Å². The summed E-state index contributed by atoms with van der Waals surface area (Å²) in [5.41, 5.74) is 0. The molecule has 0 radical (unpaired) electrons. The molecule has 0 bridgehead atoms. The maximum absolute atomic E-state index is 11.2. The van der Waals surface area contributed by atoms with E-state index in [9.17, 15) is 4.79 Å². The van der Waals surface area contributed by atoms with Crippen molar-refractivity contribution in [1.82, 2.24) is 5.32 Å². The summed E-state index contributed by atoms with van der Waals surface area (Å²) in [5, 5.41) is 11.7. The fourth-order valence-electron chi connectivity index (χ4n) is 1.21. The van der Waals surface area contributed by atoms with E-state index in [2.05, 4.69) is 5.32 Å². The summed E-state index contributed by atoms with van der Waals surface area (Å²) in [5.74, 6) is 0.841. The SMILES string of the molecule is CC(O)CCC(=O)NCCc1ccco1. The zero-order valence-corrected chi connectivity index (χ0v) is 8.90. The summed E-state index contributed by atoms with van der Waals surface area (Å²) in [6.45, 7) is 2.25. The number of nitrogens with one attached hydrogen (secondary N) is 1. The molecular weight excluding hydrogens is 194 g/mol. The predicted molar refractivity (Wildman–Crippen MR) is 56.3 cm³/mol. The third-order valence-corrected chi connectivity index (χ3v) is 2.06. The second kappa shape index (κ2) is 6.24. The third-order valence-electron chi connectivity index (χ3n) is 2.06. The Morgan fingerprint density at radius 3 is 3.07 bits per heavy atom. The molecule has 0 saturated carbocycles. The normalized spacial score (nSPS) is 12.4.